The van der Waals surface area contributed by atoms with Gasteiger partial charge in [-0.25, -0.2) is 8.78 Å². The number of carbonyl (C=O) groups excluding carboxylic acids is 1. The van der Waals surface area contributed by atoms with Crippen LogP contribution in [0.15, 0.2) is 18.2 Å². The highest BCUT2D eigenvalue weighted by atomic mass is 19.2. The molecule has 116 valence electrons. The van der Waals surface area contributed by atoms with Gasteiger partial charge in [0.05, 0.1) is 5.60 Å². The summed E-state index contributed by atoms with van der Waals surface area (Å²) >= 11 is 0. The smallest absolute Gasteiger partial charge is 0.254 e. The van der Waals surface area contributed by atoms with Crippen LogP contribution in [0.4, 0.5) is 8.78 Å². The molecule has 1 aliphatic rings. The Morgan fingerprint density at radius 3 is 2.33 bits per heavy atom. The van der Waals surface area contributed by atoms with Crippen molar-refractivity contribution in [3.8, 4) is 0 Å². The first kappa shape index (κ1) is 15.9. The minimum Gasteiger partial charge on any atom is -0.389 e. The second-order valence-corrected chi connectivity index (χ2v) is 6.01. The van der Waals surface area contributed by atoms with Crippen molar-refractivity contribution in [1.29, 1.82) is 0 Å². The molecule has 0 aromatic heterocycles. The van der Waals surface area contributed by atoms with Gasteiger partial charge in [0, 0.05) is 38.3 Å². The molecule has 0 aliphatic carbocycles. The predicted octanol–water partition coefficient (Wildman–Crippen LogP) is 1.49. The number of rotatable bonds is 3. The number of benzene rings is 1. The minimum atomic E-state index is -1.01. The molecule has 1 N–H and O–H groups in total. The molecule has 1 aromatic carbocycles. The molecule has 1 amide bonds. The van der Waals surface area contributed by atoms with E-state index in [-0.39, 0.29) is 11.5 Å². The van der Waals surface area contributed by atoms with Crippen molar-refractivity contribution in [1.82, 2.24) is 9.80 Å². The molecule has 1 heterocycles. The van der Waals surface area contributed by atoms with Gasteiger partial charge in [0.1, 0.15) is 0 Å². The van der Waals surface area contributed by atoms with Gasteiger partial charge in [-0.2, -0.15) is 0 Å². The van der Waals surface area contributed by atoms with Gasteiger partial charge in [-0.05, 0) is 32.0 Å². The fourth-order valence-corrected chi connectivity index (χ4v) is 2.47. The summed E-state index contributed by atoms with van der Waals surface area (Å²) < 4.78 is 26.1. The van der Waals surface area contributed by atoms with Crippen LogP contribution < -0.4 is 0 Å². The molecule has 2 rings (SSSR count). The number of carbonyl (C=O) groups is 1. The summed E-state index contributed by atoms with van der Waals surface area (Å²) in [5.41, 5.74) is -0.614. The first-order valence-electron chi connectivity index (χ1n) is 6.95. The van der Waals surface area contributed by atoms with Gasteiger partial charge in [-0.1, -0.05) is 0 Å². The number of piperazine rings is 1. The number of halogens is 2. The van der Waals surface area contributed by atoms with E-state index < -0.39 is 17.2 Å². The van der Waals surface area contributed by atoms with Crippen LogP contribution in [0.5, 0.6) is 0 Å². The van der Waals surface area contributed by atoms with Gasteiger partial charge in [-0.3, -0.25) is 9.69 Å². The van der Waals surface area contributed by atoms with Crippen molar-refractivity contribution in [2.75, 3.05) is 32.7 Å². The Hall–Kier alpha value is -1.53. The standard InChI is InChI=1S/C15H20F2N2O2/c1-15(2,21)10-18-5-7-19(8-6-18)14(20)11-3-4-12(16)13(17)9-11/h3-4,9,21H,5-8,10H2,1-2H3. The topological polar surface area (TPSA) is 43.8 Å². The monoisotopic (exact) mass is 298 g/mol. The third-order valence-electron chi connectivity index (χ3n) is 3.44. The van der Waals surface area contributed by atoms with Gasteiger partial charge >= 0.3 is 0 Å². The molecule has 1 fully saturated rings. The van der Waals surface area contributed by atoms with Crippen LogP contribution in [0, 0.1) is 11.6 Å². The number of aliphatic hydroxyl groups is 1. The molecule has 21 heavy (non-hydrogen) atoms. The zero-order valence-corrected chi connectivity index (χ0v) is 12.3. The van der Waals surface area contributed by atoms with E-state index in [1.165, 1.54) is 6.07 Å². The molecule has 6 heteroatoms. The Morgan fingerprint density at radius 2 is 1.81 bits per heavy atom. The molecule has 0 spiro atoms. The Morgan fingerprint density at radius 1 is 1.19 bits per heavy atom. The maximum Gasteiger partial charge on any atom is 0.254 e. The third kappa shape index (κ3) is 4.22. The minimum absolute atomic E-state index is 0.157. The highest BCUT2D eigenvalue weighted by Crippen LogP contribution is 2.14. The largest absolute Gasteiger partial charge is 0.389 e. The van der Waals surface area contributed by atoms with E-state index in [1.807, 2.05) is 0 Å². The SMILES string of the molecule is CC(C)(O)CN1CCN(C(=O)c2ccc(F)c(F)c2)CC1. The van der Waals surface area contributed by atoms with Crippen LogP contribution in [0.3, 0.4) is 0 Å². The lowest BCUT2D eigenvalue weighted by Gasteiger charge is -2.37. The molecule has 0 bridgehead atoms. The summed E-state index contributed by atoms with van der Waals surface area (Å²) in [5.74, 6) is -2.26. The molecule has 1 aliphatic heterocycles. The average molecular weight is 298 g/mol. The van der Waals surface area contributed by atoms with Crippen LogP contribution in [0.25, 0.3) is 0 Å². The normalized spacial score (nSPS) is 17.1. The first-order chi connectivity index (χ1) is 9.76. The number of hydrogen-bond donors (Lipinski definition) is 1. The number of amides is 1. The number of nitrogens with zero attached hydrogens (tertiary/aromatic N) is 2. The summed E-state index contributed by atoms with van der Waals surface area (Å²) in [7, 11) is 0. The van der Waals surface area contributed by atoms with Crippen molar-refractivity contribution in [3.05, 3.63) is 35.4 Å². The van der Waals surface area contributed by atoms with Gasteiger partial charge in [0.15, 0.2) is 11.6 Å². The van der Waals surface area contributed by atoms with Crippen LogP contribution >= 0.6 is 0 Å². The Labute approximate surface area is 123 Å². The van der Waals surface area contributed by atoms with Crippen molar-refractivity contribution in [3.63, 3.8) is 0 Å². The van der Waals surface area contributed by atoms with Crippen molar-refractivity contribution in [2.45, 2.75) is 19.4 Å². The highest BCUT2D eigenvalue weighted by Gasteiger charge is 2.25. The molecule has 0 atom stereocenters. The number of hydrogen-bond acceptors (Lipinski definition) is 3. The Bertz CT molecular complexity index is 521. The highest BCUT2D eigenvalue weighted by molar-refractivity contribution is 5.94. The maximum atomic E-state index is 13.2. The zero-order valence-electron chi connectivity index (χ0n) is 12.3. The van der Waals surface area contributed by atoms with Crippen LogP contribution in [-0.2, 0) is 0 Å². The lowest BCUT2D eigenvalue weighted by Crippen LogP contribution is -2.52. The fourth-order valence-electron chi connectivity index (χ4n) is 2.47. The van der Waals surface area contributed by atoms with Crippen LogP contribution in [0.1, 0.15) is 24.2 Å². The summed E-state index contributed by atoms with van der Waals surface area (Å²) in [6, 6.07) is 3.19. The quantitative estimate of drug-likeness (QED) is 0.919. The van der Waals surface area contributed by atoms with E-state index in [2.05, 4.69) is 4.90 Å². The molecular formula is C15H20F2N2O2. The first-order valence-corrected chi connectivity index (χ1v) is 6.95. The second-order valence-electron chi connectivity index (χ2n) is 6.01. The molecule has 1 aromatic rings. The van der Waals surface area contributed by atoms with Crippen LogP contribution in [-0.4, -0.2) is 59.1 Å². The van der Waals surface area contributed by atoms with E-state index >= 15 is 0 Å². The fraction of sp³-hybridized carbons (Fsp3) is 0.533. The van der Waals surface area contributed by atoms with E-state index in [0.29, 0.717) is 32.7 Å². The van der Waals surface area contributed by atoms with E-state index in [4.69, 9.17) is 0 Å². The molecule has 1 saturated heterocycles. The zero-order chi connectivity index (χ0) is 15.6. The second kappa shape index (κ2) is 6.07. The summed E-state index contributed by atoms with van der Waals surface area (Å²) in [4.78, 5) is 15.9. The van der Waals surface area contributed by atoms with Gasteiger partial charge in [0.2, 0.25) is 0 Å². The molecule has 0 unspecified atom stereocenters. The van der Waals surface area contributed by atoms with Gasteiger partial charge < -0.3 is 10.0 Å². The van der Waals surface area contributed by atoms with E-state index in [9.17, 15) is 18.7 Å². The Kier molecular flexibility index (Phi) is 4.58. The summed E-state index contributed by atoms with van der Waals surface area (Å²) in [6.45, 7) is 6.35. The van der Waals surface area contributed by atoms with Crippen molar-refractivity contribution >= 4 is 5.91 Å². The summed E-state index contributed by atoms with van der Waals surface area (Å²) in [6.07, 6.45) is 0. The van der Waals surface area contributed by atoms with Gasteiger partial charge in [0.25, 0.3) is 5.91 Å². The molecule has 0 saturated carbocycles. The Balaban J connectivity index is 1.95. The summed E-state index contributed by atoms with van der Waals surface area (Å²) in [5, 5.41) is 9.78. The average Bonchev–Trinajstić information content (AvgIpc) is 2.40. The van der Waals surface area contributed by atoms with Crippen molar-refractivity contribution in [2.24, 2.45) is 0 Å². The maximum absolute atomic E-state index is 13.2. The molecule has 4 nitrogen and oxygen atoms in total. The lowest BCUT2D eigenvalue weighted by atomic mass is 10.1. The molecule has 0 radical (unpaired) electrons. The molecular weight excluding hydrogens is 278 g/mol. The lowest BCUT2D eigenvalue weighted by molar-refractivity contribution is 0.0178. The van der Waals surface area contributed by atoms with Crippen molar-refractivity contribution < 1.29 is 18.7 Å². The van der Waals surface area contributed by atoms with E-state index in [0.717, 1.165) is 12.1 Å². The van der Waals surface area contributed by atoms with Crippen LogP contribution in [0.2, 0.25) is 0 Å². The van der Waals surface area contributed by atoms with E-state index in [1.54, 1.807) is 18.7 Å². The third-order valence-corrected chi connectivity index (χ3v) is 3.44. The number of β-amino-alcohol motifs (C(OH)–C–C–N with tert-alkyl or cyclic N) is 1. The predicted molar refractivity (Wildman–Crippen MR) is 75.0 cm³/mol. The van der Waals surface area contributed by atoms with Gasteiger partial charge in [-0.15, -0.1) is 0 Å².